The van der Waals surface area contributed by atoms with Gasteiger partial charge in [0.05, 0.1) is 27.2 Å². The lowest BCUT2D eigenvalue weighted by Crippen LogP contribution is -3.00. The third-order valence-electron chi connectivity index (χ3n) is 7.00. The molecule has 0 unspecified atom stereocenters. The number of quaternary nitrogens is 1. The molecule has 0 spiro atoms. The van der Waals surface area contributed by atoms with Crippen molar-refractivity contribution < 1.29 is 22.0 Å². The molecule has 1 aromatic rings. The Morgan fingerprint density at radius 2 is 0.939 bits per heavy atom. The van der Waals surface area contributed by atoms with Crippen LogP contribution in [0.4, 0.5) is 0 Å². The Kier molecular flexibility index (Phi) is 21.6. The molecular weight excluding hydrogens is 426 g/mol. The fraction of sp³-hybridized carbons (Fsp3) is 0.800. The minimum atomic E-state index is 0. The van der Waals surface area contributed by atoms with E-state index in [-0.39, 0.29) is 19.0 Å². The standard InChI is InChI=1S/C30H56NO.ClH/c1-4-5-6-7-8-9-10-11-12-13-14-15-16-17-18-19-20-23-26-31(2,3)27-29-24-21-22-25-30(29)28-32;/h21-22,24-25,32H,4-20,23,26-28H2,1-3H3;1H/q+1;/p-1. The molecule has 0 heterocycles. The van der Waals surface area contributed by atoms with Crippen LogP contribution in [0, 0.1) is 0 Å². The van der Waals surface area contributed by atoms with Gasteiger partial charge in [-0.1, -0.05) is 134 Å². The van der Waals surface area contributed by atoms with E-state index in [0.717, 1.165) is 16.6 Å². The van der Waals surface area contributed by atoms with Crippen LogP contribution < -0.4 is 12.4 Å². The van der Waals surface area contributed by atoms with Crippen LogP contribution in [0.3, 0.4) is 0 Å². The SMILES string of the molecule is CCCCCCCCCCCCCCCCCCCC[N+](C)(C)Cc1ccccc1CO.[Cl-]. The first-order valence-electron chi connectivity index (χ1n) is 14.1. The van der Waals surface area contributed by atoms with E-state index in [1.807, 2.05) is 12.1 Å². The van der Waals surface area contributed by atoms with Crippen molar-refractivity contribution >= 4 is 0 Å². The Morgan fingerprint density at radius 3 is 1.33 bits per heavy atom. The minimum Gasteiger partial charge on any atom is -1.00 e. The lowest BCUT2D eigenvalue weighted by Gasteiger charge is -2.30. The van der Waals surface area contributed by atoms with Gasteiger partial charge < -0.3 is 22.0 Å². The van der Waals surface area contributed by atoms with Gasteiger partial charge in [-0.2, -0.15) is 0 Å². The monoisotopic (exact) mass is 481 g/mol. The molecule has 0 saturated carbocycles. The first-order valence-corrected chi connectivity index (χ1v) is 14.1. The maximum absolute atomic E-state index is 9.55. The van der Waals surface area contributed by atoms with E-state index >= 15 is 0 Å². The van der Waals surface area contributed by atoms with Crippen molar-refractivity contribution in [1.82, 2.24) is 0 Å². The summed E-state index contributed by atoms with van der Waals surface area (Å²) in [7, 11) is 4.64. The molecular formula is C30H56ClNO. The van der Waals surface area contributed by atoms with E-state index in [1.54, 1.807) is 0 Å². The number of aliphatic hydroxyl groups excluding tert-OH is 1. The molecule has 2 nitrogen and oxygen atoms in total. The Bertz CT molecular complexity index is 546. The normalized spacial score (nSPS) is 11.5. The van der Waals surface area contributed by atoms with Crippen LogP contribution >= 0.6 is 0 Å². The van der Waals surface area contributed by atoms with Crippen LogP contribution in [0.5, 0.6) is 0 Å². The van der Waals surface area contributed by atoms with Gasteiger partial charge in [0.15, 0.2) is 0 Å². The van der Waals surface area contributed by atoms with Gasteiger partial charge >= 0.3 is 0 Å². The first kappa shape index (κ1) is 32.4. The number of hydrogen-bond donors (Lipinski definition) is 1. The van der Waals surface area contributed by atoms with Crippen molar-refractivity contribution in [2.24, 2.45) is 0 Å². The second-order valence-corrected chi connectivity index (χ2v) is 10.8. The van der Waals surface area contributed by atoms with Gasteiger partial charge in [-0.05, 0) is 18.4 Å². The van der Waals surface area contributed by atoms with Crippen molar-refractivity contribution in [3.8, 4) is 0 Å². The third kappa shape index (κ3) is 18.4. The van der Waals surface area contributed by atoms with E-state index in [4.69, 9.17) is 0 Å². The molecule has 3 heteroatoms. The summed E-state index contributed by atoms with van der Waals surface area (Å²) in [5.74, 6) is 0. The number of nitrogens with zero attached hydrogens (tertiary/aromatic N) is 1. The maximum Gasteiger partial charge on any atom is 0.104 e. The molecule has 194 valence electrons. The number of benzene rings is 1. The summed E-state index contributed by atoms with van der Waals surface area (Å²) in [5.41, 5.74) is 2.37. The van der Waals surface area contributed by atoms with E-state index in [1.165, 1.54) is 128 Å². The molecule has 0 aromatic heterocycles. The van der Waals surface area contributed by atoms with Gasteiger partial charge in [0.1, 0.15) is 6.54 Å². The summed E-state index contributed by atoms with van der Waals surface area (Å²) in [6.07, 6.45) is 25.8. The van der Waals surface area contributed by atoms with Gasteiger partial charge in [-0.3, -0.25) is 0 Å². The molecule has 33 heavy (non-hydrogen) atoms. The first-order chi connectivity index (χ1) is 15.6. The Morgan fingerprint density at radius 1 is 0.576 bits per heavy atom. The van der Waals surface area contributed by atoms with Crippen molar-refractivity contribution in [1.29, 1.82) is 0 Å². The molecule has 1 aromatic carbocycles. The third-order valence-corrected chi connectivity index (χ3v) is 7.00. The highest BCUT2D eigenvalue weighted by atomic mass is 35.5. The Labute approximate surface area is 213 Å². The fourth-order valence-corrected chi connectivity index (χ4v) is 4.85. The van der Waals surface area contributed by atoms with Crippen LogP contribution in [0.1, 0.15) is 134 Å². The molecule has 0 radical (unpaired) electrons. The summed E-state index contributed by atoms with van der Waals surface area (Å²) < 4.78 is 1.01. The molecule has 0 fully saturated rings. The molecule has 1 N–H and O–H groups in total. The van der Waals surface area contributed by atoms with Gasteiger partial charge in [0, 0.05) is 5.56 Å². The lowest BCUT2D eigenvalue weighted by molar-refractivity contribution is -0.903. The number of aliphatic hydroxyl groups is 1. The van der Waals surface area contributed by atoms with Crippen molar-refractivity contribution in [2.45, 2.75) is 136 Å². The second-order valence-electron chi connectivity index (χ2n) is 10.8. The predicted octanol–water partition coefficient (Wildman–Crippen LogP) is 5.80. The fourth-order valence-electron chi connectivity index (χ4n) is 4.85. The quantitative estimate of drug-likeness (QED) is 0.164. The number of halogens is 1. The van der Waals surface area contributed by atoms with E-state index < -0.39 is 0 Å². The maximum atomic E-state index is 9.55. The van der Waals surface area contributed by atoms with Crippen molar-refractivity contribution in [3.05, 3.63) is 35.4 Å². The summed E-state index contributed by atoms with van der Waals surface area (Å²) in [6.45, 7) is 4.67. The number of unbranched alkanes of at least 4 members (excludes halogenated alkanes) is 17. The zero-order valence-corrected chi connectivity index (χ0v) is 23.2. The average molecular weight is 482 g/mol. The summed E-state index contributed by atoms with van der Waals surface area (Å²) in [5, 5.41) is 9.55. The molecule has 0 saturated heterocycles. The summed E-state index contributed by atoms with van der Waals surface area (Å²) in [6, 6.07) is 8.32. The Hall–Kier alpha value is -0.570. The van der Waals surface area contributed by atoms with Gasteiger partial charge in [0.25, 0.3) is 0 Å². The Balaban J connectivity index is 0.0000102. The van der Waals surface area contributed by atoms with Crippen molar-refractivity contribution in [3.63, 3.8) is 0 Å². The van der Waals surface area contributed by atoms with Crippen LogP contribution in [-0.4, -0.2) is 30.2 Å². The van der Waals surface area contributed by atoms with E-state index in [9.17, 15) is 5.11 Å². The number of hydrogen-bond acceptors (Lipinski definition) is 1. The van der Waals surface area contributed by atoms with E-state index in [0.29, 0.717) is 0 Å². The zero-order chi connectivity index (χ0) is 23.3. The highest BCUT2D eigenvalue weighted by Crippen LogP contribution is 2.17. The molecule has 0 aliphatic heterocycles. The van der Waals surface area contributed by atoms with Crippen molar-refractivity contribution in [2.75, 3.05) is 20.6 Å². The molecule has 0 atom stereocenters. The van der Waals surface area contributed by atoms with Crippen LogP contribution in [0.25, 0.3) is 0 Å². The minimum absolute atomic E-state index is 0. The predicted molar refractivity (Wildman–Crippen MR) is 142 cm³/mol. The molecule has 0 bridgehead atoms. The summed E-state index contributed by atoms with van der Waals surface area (Å²) in [4.78, 5) is 0. The van der Waals surface area contributed by atoms with Gasteiger partial charge in [0.2, 0.25) is 0 Å². The highest BCUT2D eigenvalue weighted by molar-refractivity contribution is 5.25. The van der Waals surface area contributed by atoms with Gasteiger partial charge in [-0.15, -0.1) is 0 Å². The highest BCUT2D eigenvalue weighted by Gasteiger charge is 2.17. The topological polar surface area (TPSA) is 20.2 Å². The smallest absolute Gasteiger partial charge is 0.104 e. The lowest BCUT2D eigenvalue weighted by atomic mass is 10.0. The summed E-state index contributed by atoms with van der Waals surface area (Å²) >= 11 is 0. The van der Waals surface area contributed by atoms with Crippen LogP contribution in [-0.2, 0) is 13.2 Å². The van der Waals surface area contributed by atoms with Crippen LogP contribution in [0.15, 0.2) is 24.3 Å². The van der Waals surface area contributed by atoms with Crippen LogP contribution in [0.2, 0.25) is 0 Å². The molecule has 0 amide bonds. The molecule has 1 rings (SSSR count). The molecule has 0 aliphatic rings. The second kappa shape index (κ2) is 21.9. The average Bonchev–Trinajstić information content (AvgIpc) is 2.78. The zero-order valence-electron chi connectivity index (χ0n) is 22.4. The van der Waals surface area contributed by atoms with Gasteiger partial charge in [-0.25, -0.2) is 0 Å². The number of rotatable bonds is 22. The van der Waals surface area contributed by atoms with E-state index in [2.05, 4.69) is 33.2 Å². The molecule has 0 aliphatic carbocycles. The largest absolute Gasteiger partial charge is 1.00 e.